The van der Waals surface area contributed by atoms with Gasteiger partial charge in [0.25, 0.3) is 0 Å². The van der Waals surface area contributed by atoms with Gasteiger partial charge in [-0.3, -0.25) is 9.59 Å². The van der Waals surface area contributed by atoms with E-state index >= 15 is 0 Å². The standard InChI is InChI=1S/C8H13NO2S/c1-9-5-6(10)3-4-7(12-2)8(9)11/h7H,3-5H2,1-2H3. The van der Waals surface area contributed by atoms with E-state index in [9.17, 15) is 9.59 Å². The first-order valence-electron chi connectivity index (χ1n) is 3.94. The average molecular weight is 187 g/mol. The maximum Gasteiger partial charge on any atom is 0.235 e. The summed E-state index contributed by atoms with van der Waals surface area (Å²) in [5.74, 6) is 0.260. The summed E-state index contributed by atoms with van der Waals surface area (Å²) in [6.45, 7) is 0.288. The molecule has 68 valence electrons. The fourth-order valence-corrected chi connectivity index (χ4v) is 2.04. The van der Waals surface area contributed by atoms with Crippen molar-refractivity contribution >= 4 is 23.5 Å². The van der Waals surface area contributed by atoms with Crippen LogP contribution in [0, 0.1) is 0 Å². The lowest BCUT2D eigenvalue weighted by atomic mass is 10.2. The van der Waals surface area contributed by atoms with Crippen molar-refractivity contribution in [2.45, 2.75) is 18.1 Å². The van der Waals surface area contributed by atoms with E-state index in [4.69, 9.17) is 0 Å². The van der Waals surface area contributed by atoms with Crippen LogP contribution in [0.1, 0.15) is 12.8 Å². The molecule has 0 aromatic heterocycles. The van der Waals surface area contributed by atoms with Gasteiger partial charge in [-0.25, -0.2) is 0 Å². The lowest BCUT2D eigenvalue weighted by molar-refractivity contribution is -0.131. The van der Waals surface area contributed by atoms with E-state index in [0.29, 0.717) is 12.8 Å². The van der Waals surface area contributed by atoms with Gasteiger partial charge in [-0.1, -0.05) is 0 Å². The topological polar surface area (TPSA) is 37.4 Å². The minimum absolute atomic E-state index is 0.0125. The van der Waals surface area contributed by atoms with E-state index in [2.05, 4.69) is 0 Å². The first kappa shape index (κ1) is 9.58. The summed E-state index contributed by atoms with van der Waals surface area (Å²) in [5, 5.41) is -0.0125. The molecule has 0 spiro atoms. The molecule has 0 radical (unpaired) electrons. The summed E-state index contributed by atoms with van der Waals surface area (Å²) in [7, 11) is 1.69. The van der Waals surface area contributed by atoms with Crippen LogP contribution in [0.5, 0.6) is 0 Å². The Hall–Kier alpha value is -0.510. The summed E-state index contributed by atoms with van der Waals surface area (Å²) in [6, 6.07) is 0. The van der Waals surface area contributed by atoms with Gasteiger partial charge < -0.3 is 4.90 Å². The minimum Gasteiger partial charge on any atom is -0.337 e. The fourth-order valence-electron chi connectivity index (χ4n) is 1.30. The van der Waals surface area contributed by atoms with Crippen LogP contribution in [0.15, 0.2) is 0 Å². The Labute approximate surface area is 76.5 Å². The molecule has 4 heteroatoms. The Morgan fingerprint density at radius 1 is 1.50 bits per heavy atom. The van der Waals surface area contributed by atoms with Crippen LogP contribution in [0.3, 0.4) is 0 Å². The van der Waals surface area contributed by atoms with Gasteiger partial charge in [0.05, 0.1) is 11.8 Å². The molecular formula is C8H13NO2S. The molecule has 1 saturated heterocycles. The zero-order valence-electron chi connectivity index (χ0n) is 7.37. The Morgan fingerprint density at radius 2 is 2.17 bits per heavy atom. The smallest absolute Gasteiger partial charge is 0.235 e. The third kappa shape index (κ3) is 2.00. The first-order valence-corrected chi connectivity index (χ1v) is 5.23. The predicted octanol–water partition coefficient (Wildman–Crippen LogP) is 0.539. The minimum atomic E-state index is -0.0125. The number of thioether (sulfide) groups is 1. The second-order valence-electron chi connectivity index (χ2n) is 3.00. The summed E-state index contributed by atoms with van der Waals surface area (Å²) in [6.07, 6.45) is 3.15. The van der Waals surface area contributed by atoms with Crippen molar-refractivity contribution in [3.05, 3.63) is 0 Å². The molecule has 1 amide bonds. The summed E-state index contributed by atoms with van der Waals surface area (Å²) < 4.78 is 0. The molecule has 1 aliphatic heterocycles. The Morgan fingerprint density at radius 3 is 2.75 bits per heavy atom. The number of carbonyl (C=O) groups is 2. The maximum absolute atomic E-state index is 11.5. The molecule has 12 heavy (non-hydrogen) atoms. The van der Waals surface area contributed by atoms with Crippen LogP contribution in [-0.2, 0) is 9.59 Å². The second-order valence-corrected chi connectivity index (χ2v) is 4.04. The SMILES string of the molecule is CSC1CCC(=O)CN(C)C1=O. The van der Waals surface area contributed by atoms with E-state index in [1.165, 1.54) is 16.7 Å². The van der Waals surface area contributed by atoms with Crippen LogP contribution in [-0.4, -0.2) is 41.7 Å². The van der Waals surface area contributed by atoms with Gasteiger partial charge in [-0.15, -0.1) is 0 Å². The number of likely N-dealkylation sites (N-methyl/N-ethyl adjacent to an activating group) is 1. The molecule has 0 bridgehead atoms. The fraction of sp³-hybridized carbons (Fsp3) is 0.750. The number of ketones is 1. The van der Waals surface area contributed by atoms with Crippen molar-refractivity contribution in [3.8, 4) is 0 Å². The van der Waals surface area contributed by atoms with Crippen molar-refractivity contribution in [2.24, 2.45) is 0 Å². The monoisotopic (exact) mass is 187 g/mol. The zero-order chi connectivity index (χ0) is 9.14. The van der Waals surface area contributed by atoms with E-state index in [-0.39, 0.29) is 23.5 Å². The second kappa shape index (κ2) is 3.94. The van der Waals surface area contributed by atoms with Gasteiger partial charge in [0, 0.05) is 13.5 Å². The van der Waals surface area contributed by atoms with Gasteiger partial charge in [0.1, 0.15) is 0 Å². The van der Waals surface area contributed by atoms with Crippen LogP contribution < -0.4 is 0 Å². The highest BCUT2D eigenvalue weighted by molar-refractivity contribution is 7.99. The Balaban J connectivity index is 2.69. The zero-order valence-corrected chi connectivity index (χ0v) is 8.19. The molecule has 1 aliphatic rings. The van der Waals surface area contributed by atoms with Crippen molar-refractivity contribution < 1.29 is 9.59 Å². The van der Waals surface area contributed by atoms with E-state index in [0.717, 1.165) is 0 Å². The normalized spacial score (nSPS) is 25.8. The molecule has 1 rings (SSSR count). The van der Waals surface area contributed by atoms with Gasteiger partial charge in [0.2, 0.25) is 5.91 Å². The summed E-state index contributed by atoms with van der Waals surface area (Å²) >= 11 is 1.53. The lowest BCUT2D eigenvalue weighted by Crippen LogP contribution is -2.34. The predicted molar refractivity (Wildman–Crippen MR) is 49.2 cm³/mol. The number of likely N-dealkylation sites (tertiary alicyclic amines) is 1. The first-order chi connectivity index (χ1) is 5.65. The van der Waals surface area contributed by atoms with Crippen molar-refractivity contribution in [1.29, 1.82) is 0 Å². The van der Waals surface area contributed by atoms with Crippen molar-refractivity contribution in [1.82, 2.24) is 4.90 Å². The van der Waals surface area contributed by atoms with E-state index in [1.807, 2.05) is 6.26 Å². The molecule has 0 aliphatic carbocycles. The van der Waals surface area contributed by atoms with Gasteiger partial charge >= 0.3 is 0 Å². The van der Waals surface area contributed by atoms with Gasteiger partial charge in [-0.05, 0) is 12.7 Å². The van der Waals surface area contributed by atoms with Crippen molar-refractivity contribution in [3.63, 3.8) is 0 Å². The molecule has 0 N–H and O–H groups in total. The van der Waals surface area contributed by atoms with Crippen LogP contribution in [0.4, 0.5) is 0 Å². The lowest BCUT2D eigenvalue weighted by Gasteiger charge is -2.16. The average Bonchev–Trinajstić information content (AvgIpc) is 2.14. The van der Waals surface area contributed by atoms with Crippen LogP contribution >= 0.6 is 11.8 Å². The highest BCUT2D eigenvalue weighted by Gasteiger charge is 2.26. The third-order valence-electron chi connectivity index (χ3n) is 2.04. The number of rotatable bonds is 1. The number of hydrogen-bond donors (Lipinski definition) is 0. The number of hydrogen-bond acceptors (Lipinski definition) is 3. The summed E-state index contributed by atoms with van der Waals surface area (Å²) in [5.41, 5.74) is 0. The Kier molecular flexibility index (Phi) is 3.14. The van der Waals surface area contributed by atoms with Gasteiger partial charge in [-0.2, -0.15) is 11.8 Å². The number of nitrogens with zero attached hydrogens (tertiary/aromatic N) is 1. The largest absolute Gasteiger partial charge is 0.337 e. The molecule has 1 heterocycles. The van der Waals surface area contributed by atoms with Crippen LogP contribution in [0.25, 0.3) is 0 Å². The molecule has 0 aromatic rings. The van der Waals surface area contributed by atoms with E-state index < -0.39 is 0 Å². The summed E-state index contributed by atoms with van der Waals surface area (Å²) in [4.78, 5) is 24.1. The molecule has 1 unspecified atom stereocenters. The molecular weight excluding hydrogens is 174 g/mol. The van der Waals surface area contributed by atoms with Crippen LogP contribution in [0.2, 0.25) is 0 Å². The third-order valence-corrected chi connectivity index (χ3v) is 3.04. The number of amides is 1. The highest BCUT2D eigenvalue weighted by Crippen LogP contribution is 2.18. The maximum atomic E-state index is 11.5. The van der Waals surface area contributed by atoms with Gasteiger partial charge in [0.15, 0.2) is 5.78 Å². The highest BCUT2D eigenvalue weighted by atomic mass is 32.2. The van der Waals surface area contributed by atoms with E-state index in [1.54, 1.807) is 7.05 Å². The number of carbonyl (C=O) groups excluding carboxylic acids is 2. The quantitative estimate of drug-likeness (QED) is 0.601. The molecule has 1 atom stereocenters. The Bertz CT molecular complexity index is 205. The van der Waals surface area contributed by atoms with Crippen molar-refractivity contribution in [2.75, 3.05) is 19.8 Å². The molecule has 1 fully saturated rings. The molecule has 3 nitrogen and oxygen atoms in total. The number of Topliss-reactive ketones (excluding diaryl/α,β-unsaturated/α-hetero) is 1. The molecule has 0 aromatic carbocycles. The molecule has 0 saturated carbocycles.